The van der Waals surface area contributed by atoms with Gasteiger partial charge in [-0.3, -0.25) is 4.79 Å². The largest absolute Gasteiger partial charge is 0.416 e. The Kier molecular flexibility index (Phi) is 6.14. The molecule has 1 aromatic rings. The number of halogens is 4. The predicted molar refractivity (Wildman–Crippen MR) is 65.7 cm³/mol. The molecule has 1 rings (SSSR count). The first-order chi connectivity index (χ1) is 7.84. The Hall–Kier alpha value is -1.27. The monoisotopic (exact) mass is 282 g/mol. The molecule has 18 heavy (non-hydrogen) atoms. The van der Waals surface area contributed by atoms with Crippen molar-refractivity contribution >= 4 is 24.0 Å². The number of rotatable bonds is 3. The van der Waals surface area contributed by atoms with Crippen molar-refractivity contribution in [3.05, 3.63) is 29.3 Å². The molecule has 0 heterocycles. The zero-order valence-electron chi connectivity index (χ0n) is 9.67. The smallest absolute Gasteiger partial charge is 0.330 e. The maximum Gasteiger partial charge on any atom is 0.416 e. The second kappa shape index (κ2) is 6.61. The van der Waals surface area contributed by atoms with E-state index in [9.17, 15) is 18.0 Å². The minimum absolute atomic E-state index is 0. The highest BCUT2D eigenvalue weighted by atomic mass is 35.5. The Morgan fingerprint density at radius 2 is 2.00 bits per heavy atom. The highest BCUT2D eigenvalue weighted by molar-refractivity contribution is 5.91. The molecule has 0 atom stereocenters. The maximum atomic E-state index is 12.5. The quantitative estimate of drug-likeness (QED) is 0.895. The molecule has 7 heteroatoms. The highest BCUT2D eigenvalue weighted by Crippen LogP contribution is 2.31. The van der Waals surface area contributed by atoms with Gasteiger partial charge in [0.15, 0.2) is 0 Å². The average Bonchev–Trinajstić information content (AvgIpc) is 2.20. The van der Waals surface area contributed by atoms with E-state index in [2.05, 4.69) is 5.32 Å². The normalized spacial score (nSPS) is 10.7. The van der Waals surface area contributed by atoms with E-state index in [4.69, 9.17) is 5.73 Å². The molecular formula is C11H14ClF3N2O. The van der Waals surface area contributed by atoms with Gasteiger partial charge in [-0.2, -0.15) is 13.2 Å². The van der Waals surface area contributed by atoms with E-state index < -0.39 is 17.6 Å². The molecule has 0 bridgehead atoms. The van der Waals surface area contributed by atoms with Crippen molar-refractivity contribution in [2.75, 3.05) is 11.9 Å². The van der Waals surface area contributed by atoms with Gasteiger partial charge in [0.1, 0.15) is 0 Å². The molecule has 0 aliphatic carbocycles. The van der Waals surface area contributed by atoms with Crippen LogP contribution in [0.5, 0.6) is 0 Å². The van der Waals surface area contributed by atoms with E-state index in [0.717, 1.165) is 12.1 Å². The Bertz CT molecular complexity index is 421. The van der Waals surface area contributed by atoms with Crippen LogP contribution >= 0.6 is 12.4 Å². The predicted octanol–water partition coefficient (Wildman–Crippen LogP) is 2.72. The second-order valence-electron chi connectivity index (χ2n) is 3.61. The van der Waals surface area contributed by atoms with Crippen LogP contribution in [-0.2, 0) is 11.0 Å². The van der Waals surface area contributed by atoms with Crippen LogP contribution < -0.4 is 11.1 Å². The lowest BCUT2D eigenvalue weighted by Crippen LogP contribution is -2.17. The third kappa shape index (κ3) is 4.54. The van der Waals surface area contributed by atoms with Crippen LogP contribution in [0.1, 0.15) is 17.5 Å². The van der Waals surface area contributed by atoms with Crippen molar-refractivity contribution in [2.45, 2.75) is 19.5 Å². The molecule has 0 spiro atoms. The lowest BCUT2D eigenvalue weighted by Gasteiger charge is -2.12. The van der Waals surface area contributed by atoms with E-state index >= 15 is 0 Å². The fourth-order valence-corrected chi connectivity index (χ4v) is 1.28. The van der Waals surface area contributed by atoms with Crippen molar-refractivity contribution in [1.29, 1.82) is 0 Å². The summed E-state index contributed by atoms with van der Waals surface area (Å²) in [5, 5.41) is 2.40. The molecule has 0 saturated heterocycles. The molecule has 1 aromatic carbocycles. The zero-order valence-corrected chi connectivity index (χ0v) is 10.5. The Labute approximate surface area is 109 Å². The van der Waals surface area contributed by atoms with Crippen LogP contribution in [0.3, 0.4) is 0 Å². The molecule has 0 saturated carbocycles. The van der Waals surface area contributed by atoms with Crippen LogP contribution in [0.25, 0.3) is 0 Å². The van der Waals surface area contributed by atoms with E-state index in [-0.39, 0.29) is 31.1 Å². The van der Waals surface area contributed by atoms with Crippen LogP contribution in [0, 0.1) is 6.92 Å². The average molecular weight is 283 g/mol. The van der Waals surface area contributed by atoms with Gasteiger partial charge in [0.2, 0.25) is 5.91 Å². The molecule has 0 aliphatic heterocycles. The van der Waals surface area contributed by atoms with Crippen molar-refractivity contribution in [2.24, 2.45) is 5.73 Å². The van der Waals surface area contributed by atoms with Crippen molar-refractivity contribution < 1.29 is 18.0 Å². The van der Waals surface area contributed by atoms with Gasteiger partial charge < -0.3 is 11.1 Å². The summed E-state index contributed by atoms with van der Waals surface area (Å²) in [5.41, 5.74) is 5.13. The van der Waals surface area contributed by atoms with Gasteiger partial charge in [0.25, 0.3) is 0 Å². The Morgan fingerprint density at radius 1 is 1.39 bits per heavy atom. The topological polar surface area (TPSA) is 55.1 Å². The summed E-state index contributed by atoms with van der Waals surface area (Å²) in [4.78, 5) is 11.3. The first-order valence-corrected chi connectivity index (χ1v) is 5.02. The number of hydrogen-bond donors (Lipinski definition) is 2. The number of amides is 1. The van der Waals surface area contributed by atoms with E-state index in [1.165, 1.54) is 6.07 Å². The van der Waals surface area contributed by atoms with Gasteiger partial charge in [-0.05, 0) is 24.6 Å². The number of aryl methyl sites for hydroxylation is 1. The fourth-order valence-electron chi connectivity index (χ4n) is 1.28. The van der Waals surface area contributed by atoms with Gasteiger partial charge >= 0.3 is 6.18 Å². The van der Waals surface area contributed by atoms with Gasteiger partial charge in [0, 0.05) is 18.7 Å². The minimum atomic E-state index is -4.42. The zero-order chi connectivity index (χ0) is 13.1. The standard InChI is InChI=1S/C11H13F3N2O.ClH/c1-7-2-3-8(11(12,13)14)6-9(7)16-10(17)4-5-15;/h2-3,6H,4-5,15H2,1H3,(H,16,17);1H. The Balaban J connectivity index is 0.00000289. The molecular weight excluding hydrogens is 269 g/mol. The summed E-state index contributed by atoms with van der Waals surface area (Å²) in [6.45, 7) is 1.78. The maximum absolute atomic E-state index is 12.5. The third-order valence-electron chi connectivity index (χ3n) is 2.21. The van der Waals surface area contributed by atoms with E-state index in [1.807, 2.05) is 0 Å². The van der Waals surface area contributed by atoms with Crippen molar-refractivity contribution in [3.8, 4) is 0 Å². The molecule has 0 unspecified atom stereocenters. The van der Waals surface area contributed by atoms with Crippen molar-refractivity contribution in [1.82, 2.24) is 0 Å². The summed E-state index contributed by atoms with van der Waals surface area (Å²) in [5.74, 6) is -0.394. The molecule has 0 fully saturated rings. The van der Waals surface area contributed by atoms with Gasteiger partial charge in [-0.1, -0.05) is 6.07 Å². The first kappa shape index (κ1) is 16.7. The highest BCUT2D eigenvalue weighted by Gasteiger charge is 2.30. The summed E-state index contributed by atoms with van der Waals surface area (Å²) < 4.78 is 37.4. The Morgan fingerprint density at radius 3 is 2.50 bits per heavy atom. The third-order valence-corrected chi connectivity index (χ3v) is 2.21. The van der Waals surface area contributed by atoms with Crippen LogP contribution in [0.2, 0.25) is 0 Å². The molecule has 1 amide bonds. The SMILES string of the molecule is Cc1ccc(C(F)(F)F)cc1NC(=O)CCN.Cl. The van der Waals surface area contributed by atoms with E-state index in [0.29, 0.717) is 5.56 Å². The number of hydrogen-bond acceptors (Lipinski definition) is 2. The lowest BCUT2D eigenvalue weighted by atomic mass is 10.1. The van der Waals surface area contributed by atoms with Gasteiger partial charge in [-0.25, -0.2) is 0 Å². The summed E-state index contributed by atoms with van der Waals surface area (Å²) >= 11 is 0. The molecule has 0 radical (unpaired) electrons. The van der Waals surface area contributed by atoms with Crippen molar-refractivity contribution in [3.63, 3.8) is 0 Å². The van der Waals surface area contributed by atoms with Gasteiger partial charge in [-0.15, -0.1) is 12.4 Å². The second-order valence-corrected chi connectivity index (χ2v) is 3.61. The fraction of sp³-hybridized carbons (Fsp3) is 0.364. The summed E-state index contributed by atoms with van der Waals surface area (Å²) in [6, 6.07) is 3.22. The number of carbonyl (C=O) groups excluding carboxylic acids is 1. The first-order valence-electron chi connectivity index (χ1n) is 5.02. The van der Waals surface area contributed by atoms with Gasteiger partial charge in [0.05, 0.1) is 5.56 Å². The van der Waals surface area contributed by atoms with Crippen LogP contribution in [-0.4, -0.2) is 12.5 Å². The van der Waals surface area contributed by atoms with E-state index in [1.54, 1.807) is 6.92 Å². The number of carbonyl (C=O) groups is 1. The number of benzene rings is 1. The number of alkyl halides is 3. The van der Waals surface area contributed by atoms with Crippen LogP contribution in [0.15, 0.2) is 18.2 Å². The molecule has 0 aliphatic rings. The minimum Gasteiger partial charge on any atom is -0.330 e. The molecule has 102 valence electrons. The molecule has 0 aromatic heterocycles. The summed E-state index contributed by atoms with van der Waals surface area (Å²) in [7, 11) is 0. The molecule has 3 N–H and O–H groups in total. The van der Waals surface area contributed by atoms with Crippen LogP contribution in [0.4, 0.5) is 18.9 Å². The number of anilines is 1. The summed E-state index contributed by atoms with van der Waals surface area (Å²) in [6.07, 6.45) is -4.34. The lowest BCUT2D eigenvalue weighted by molar-refractivity contribution is -0.137. The molecule has 3 nitrogen and oxygen atoms in total. The number of nitrogens with one attached hydrogen (secondary N) is 1. The number of nitrogens with two attached hydrogens (primary N) is 1.